The first-order valence-corrected chi connectivity index (χ1v) is 9.78. The van der Waals surface area contributed by atoms with Crippen LogP contribution in [0.15, 0.2) is 16.5 Å². The van der Waals surface area contributed by atoms with E-state index in [1.807, 2.05) is 17.9 Å². The van der Waals surface area contributed by atoms with Gasteiger partial charge in [0.2, 0.25) is 5.91 Å². The van der Waals surface area contributed by atoms with Crippen LogP contribution in [0.25, 0.3) is 0 Å². The molecule has 0 bridgehead atoms. The third kappa shape index (κ3) is 2.94. The van der Waals surface area contributed by atoms with Crippen LogP contribution in [0.1, 0.15) is 43.0 Å². The van der Waals surface area contributed by atoms with Crippen molar-refractivity contribution in [2.24, 2.45) is 17.8 Å². The second-order valence-corrected chi connectivity index (χ2v) is 8.67. The summed E-state index contributed by atoms with van der Waals surface area (Å²) in [7, 11) is 0. The normalized spacial score (nSPS) is 28.0. The van der Waals surface area contributed by atoms with Crippen LogP contribution in [0.5, 0.6) is 0 Å². The number of furan rings is 1. The molecule has 1 N–H and O–H groups in total. The van der Waals surface area contributed by atoms with Crippen LogP contribution >= 0.6 is 0 Å². The lowest BCUT2D eigenvalue weighted by Crippen LogP contribution is -2.56. The van der Waals surface area contributed by atoms with E-state index in [1.165, 1.54) is 0 Å². The summed E-state index contributed by atoms with van der Waals surface area (Å²) in [6, 6.07) is 3.57. The Balaban J connectivity index is 1.43. The second-order valence-electron chi connectivity index (χ2n) is 8.67. The van der Waals surface area contributed by atoms with Gasteiger partial charge in [0.05, 0.1) is 5.92 Å². The van der Waals surface area contributed by atoms with Crippen molar-refractivity contribution in [3.05, 3.63) is 23.7 Å². The first-order valence-electron chi connectivity index (χ1n) is 9.78. The molecule has 3 fully saturated rings. The maximum atomic E-state index is 12.6. The highest BCUT2D eigenvalue weighted by Gasteiger charge is 2.57. The molecule has 6 nitrogen and oxygen atoms in total. The number of amides is 2. The first kappa shape index (κ1) is 17.6. The van der Waals surface area contributed by atoms with Crippen LogP contribution in [0.2, 0.25) is 0 Å². The molecule has 3 aliphatic heterocycles. The van der Waals surface area contributed by atoms with Gasteiger partial charge in [-0.2, -0.15) is 0 Å². The molecule has 2 amide bonds. The lowest BCUT2D eigenvalue weighted by Gasteiger charge is -2.42. The number of nitrogens with zero attached hydrogens (tertiary/aromatic N) is 2. The van der Waals surface area contributed by atoms with Crippen molar-refractivity contribution in [2.45, 2.75) is 39.2 Å². The van der Waals surface area contributed by atoms with Gasteiger partial charge < -0.3 is 19.5 Å². The maximum absolute atomic E-state index is 12.6. The minimum atomic E-state index is -0.136. The van der Waals surface area contributed by atoms with E-state index in [1.54, 1.807) is 6.07 Å². The molecule has 1 aromatic heterocycles. The van der Waals surface area contributed by atoms with E-state index in [0.29, 0.717) is 30.7 Å². The Hall–Kier alpha value is -1.82. The molecule has 3 saturated heterocycles. The van der Waals surface area contributed by atoms with Gasteiger partial charge in [0, 0.05) is 44.2 Å². The quantitative estimate of drug-likeness (QED) is 0.895. The smallest absolute Gasteiger partial charge is 0.289 e. The molecule has 0 aliphatic carbocycles. The molecule has 142 valence electrons. The predicted molar refractivity (Wildman–Crippen MR) is 97.7 cm³/mol. The Morgan fingerprint density at radius 2 is 2.04 bits per heavy atom. The number of fused-ring (bicyclic) bond motifs is 2. The predicted octanol–water partition coefficient (Wildman–Crippen LogP) is 1.90. The minimum absolute atomic E-state index is 0.0401. The first-order chi connectivity index (χ1) is 12.4. The van der Waals surface area contributed by atoms with Crippen LogP contribution in [-0.2, 0) is 4.79 Å². The van der Waals surface area contributed by atoms with Crippen LogP contribution < -0.4 is 5.32 Å². The monoisotopic (exact) mass is 359 g/mol. The van der Waals surface area contributed by atoms with Gasteiger partial charge in [-0.25, -0.2) is 0 Å². The number of piperidine rings is 1. The molecule has 0 saturated carbocycles. The van der Waals surface area contributed by atoms with Crippen LogP contribution in [0.4, 0.5) is 0 Å². The second kappa shape index (κ2) is 6.41. The van der Waals surface area contributed by atoms with Crippen molar-refractivity contribution >= 4 is 11.8 Å². The third-order valence-electron chi connectivity index (χ3n) is 6.33. The SMILES string of the molecule is Cc1ccc(C(=O)N2CCC3(CC2)NC(=O)[C@@H]2CN(CC(C)C)C[C@@H]23)o1. The summed E-state index contributed by atoms with van der Waals surface area (Å²) < 4.78 is 5.49. The van der Waals surface area contributed by atoms with Gasteiger partial charge >= 0.3 is 0 Å². The Bertz CT molecular complexity index is 703. The van der Waals surface area contributed by atoms with E-state index in [2.05, 4.69) is 24.1 Å². The molecule has 1 spiro atoms. The van der Waals surface area contributed by atoms with Crippen molar-refractivity contribution in [1.29, 1.82) is 0 Å². The van der Waals surface area contributed by atoms with Crippen molar-refractivity contribution in [3.63, 3.8) is 0 Å². The Morgan fingerprint density at radius 3 is 2.65 bits per heavy atom. The number of carbonyl (C=O) groups is 2. The molecule has 0 unspecified atom stereocenters. The Kier molecular flexibility index (Phi) is 4.34. The zero-order chi connectivity index (χ0) is 18.5. The largest absolute Gasteiger partial charge is 0.456 e. The number of aryl methyl sites for hydroxylation is 1. The highest BCUT2D eigenvalue weighted by atomic mass is 16.3. The molecule has 0 aromatic carbocycles. The molecule has 1 aromatic rings. The fourth-order valence-electron chi connectivity index (χ4n) is 5.12. The molecule has 6 heteroatoms. The van der Waals surface area contributed by atoms with Crippen molar-refractivity contribution in [2.75, 3.05) is 32.7 Å². The summed E-state index contributed by atoms with van der Waals surface area (Å²) in [4.78, 5) is 29.5. The maximum Gasteiger partial charge on any atom is 0.289 e. The zero-order valence-electron chi connectivity index (χ0n) is 16.0. The van der Waals surface area contributed by atoms with E-state index in [9.17, 15) is 9.59 Å². The minimum Gasteiger partial charge on any atom is -0.456 e. The third-order valence-corrected chi connectivity index (χ3v) is 6.33. The van der Waals surface area contributed by atoms with E-state index in [4.69, 9.17) is 4.42 Å². The average molecular weight is 359 g/mol. The molecular weight excluding hydrogens is 330 g/mol. The van der Waals surface area contributed by atoms with Crippen LogP contribution in [0.3, 0.4) is 0 Å². The number of likely N-dealkylation sites (tertiary alicyclic amines) is 2. The van der Waals surface area contributed by atoms with Crippen molar-refractivity contribution < 1.29 is 14.0 Å². The number of hydrogen-bond donors (Lipinski definition) is 1. The van der Waals surface area contributed by atoms with Gasteiger partial charge in [-0.15, -0.1) is 0 Å². The lowest BCUT2D eigenvalue weighted by atomic mass is 9.75. The molecular formula is C20H29N3O3. The zero-order valence-corrected chi connectivity index (χ0v) is 16.0. The van der Waals surface area contributed by atoms with E-state index in [0.717, 1.165) is 38.2 Å². The molecule has 4 rings (SSSR count). The fraction of sp³-hybridized carbons (Fsp3) is 0.700. The van der Waals surface area contributed by atoms with Crippen molar-refractivity contribution in [3.8, 4) is 0 Å². The number of hydrogen-bond acceptors (Lipinski definition) is 4. The highest BCUT2D eigenvalue weighted by Crippen LogP contribution is 2.44. The topological polar surface area (TPSA) is 65.8 Å². The Labute approximate surface area is 154 Å². The average Bonchev–Trinajstić information content (AvgIpc) is 3.26. The van der Waals surface area contributed by atoms with Gasteiger partial charge in [0.15, 0.2) is 5.76 Å². The molecule has 4 heterocycles. The van der Waals surface area contributed by atoms with Crippen LogP contribution in [-0.4, -0.2) is 59.9 Å². The van der Waals surface area contributed by atoms with E-state index < -0.39 is 0 Å². The molecule has 2 atom stereocenters. The van der Waals surface area contributed by atoms with Gasteiger partial charge in [0.25, 0.3) is 5.91 Å². The Morgan fingerprint density at radius 1 is 1.31 bits per heavy atom. The van der Waals surface area contributed by atoms with Gasteiger partial charge in [0.1, 0.15) is 5.76 Å². The summed E-state index contributed by atoms with van der Waals surface area (Å²) in [6.07, 6.45) is 1.67. The summed E-state index contributed by atoms with van der Waals surface area (Å²) in [5, 5.41) is 3.32. The molecule has 0 radical (unpaired) electrons. The number of rotatable bonds is 3. The summed E-state index contributed by atoms with van der Waals surface area (Å²) >= 11 is 0. The van der Waals surface area contributed by atoms with Crippen molar-refractivity contribution in [1.82, 2.24) is 15.1 Å². The molecule has 26 heavy (non-hydrogen) atoms. The van der Waals surface area contributed by atoms with E-state index in [-0.39, 0.29) is 23.3 Å². The summed E-state index contributed by atoms with van der Waals surface area (Å²) in [5.74, 6) is 2.44. The lowest BCUT2D eigenvalue weighted by molar-refractivity contribution is -0.123. The van der Waals surface area contributed by atoms with E-state index >= 15 is 0 Å². The summed E-state index contributed by atoms with van der Waals surface area (Å²) in [5.41, 5.74) is -0.136. The van der Waals surface area contributed by atoms with Gasteiger partial charge in [-0.1, -0.05) is 13.8 Å². The number of nitrogens with one attached hydrogen (secondary N) is 1. The standard InChI is InChI=1S/C20H29N3O3/c1-13(2)10-22-11-15-16(12-22)20(21-18(15)24)6-8-23(9-7-20)19(25)17-5-4-14(3)26-17/h4-5,13,15-16H,6-12H2,1-3H3,(H,21,24)/t15-,16+/m1/s1. The number of carbonyl (C=O) groups excluding carboxylic acids is 2. The summed E-state index contributed by atoms with van der Waals surface area (Å²) in [6.45, 7) is 10.6. The van der Waals surface area contributed by atoms with Gasteiger partial charge in [-0.05, 0) is 37.8 Å². The van der Waals surface area contributed by atoms with Crippen LogP contribution in [0, 0.1) is 24.7 Å². The molecule has 3 aliphatic rings. The fourth-order valence-corrected chi connectivity index (χ4v) is 5.12. The van der Waals surface area contributed by atoms with Gasteiger partial charge in [-0.3, -0.25) is 9.59 Å². The highest BCUT2D eigenvalue weighted by molar-refractivity contribution is 5.91.